The summed E-state index contributed by atoms with van der Waals surface area (Å²) < 4.78 is 4.90. The van der Waals surface area contributed by atoms with Gasteiger partial charge in [-0.15, -0.1) is 0 Å². The Labute approximate surface area is 86.4 Å². The molecule has 0 unspecified atom stereocenters. The highest BCUT2D eigenvalue weighted by molar-refractivity contribution is 5.75. The minimum absolute atomic E-state index is 0.138. The molecule has 0 atom stereocenters. The molecule has 0 aliphatic rings. The van der Waals surface area contributed by atoms with Crippen LogP contribution in [0.5, 0.6) is 0 Å². The molecule has 0 aromatic heterocycles. The van der Waals surface area contributed by atoms with Gasteiger partial charge in [-0.25, -0.2) is 0 Å². The molecule has 0 heterocycles. The fourth-order valence-electron chi connectivity index (χ4n) is 1.09. The van der Waals surface area contributed by atoms with Crippen molar-refractivity contribution in [2.45, 2.75) is 26.2 Å². The zero-order valence-electron chi connectivity index (χ0n) is 9.27. The van der Waals surface area contributed by atoms with Crippen LogP contribution in [0.1, 0.15) is 26.2 Å². The number of likely N-dealkylation sites (N-methyl/N-ethyl adjacent to an activating group) is 1. The highest BCUT2D eigenvalue weighted by Crippen LogP contribution is 1.94. The average Bonchev–Trinajstić information content (AvgIpc) is 2.19. The molecule has 4 heteroatoms. The summed E-state index contributed by atoms with van der Waals surface area (Å²) in [5, 5.41) is 6.00. The molecule has 1 amide bonds. The number of carbonyl (C=O) groups is 1. The Morgan fingerprint density at radius 3 is 2.71 bits per heavy atom. The average molecular weight is 202 g/mol. The molecule has 0 radical (unpaired) electrons. The van der Waals surface area contributed by atoms with Gasteiger partial charge in [-0.1, -0.05) is 6.92 Å². The maximum absolute atomic E-state index is 11.2. The summed E-state index contributed by atoms with van der Waals surface area (Å²) in [6, 6.07) is 0. The molecule has 0 rings (SSSR count). The molecular formula is C10H22N2O2. The van der Waals surface area contributed by atoms with Gasteiger partial charge >= 0.3 is 0 Å². The smallest absolute Gasteiger partial charge is 0.220 e. The number of amides is 1. The van der Waals surface area contributed by atoms with Gasteiger partial charge in [-0.2, -0.15) is 0 Å². The summed E-state index contributed by atoms with van der Waals surface area (Å²) in [5.41, 5.74) is 0. The Balaban J connectivity index is 3.11. The molecule has 0 bridgehead atoms. The second kappa shape index (κ2) is 10.5. The molecule has 4 nitrogen and oxygen atoms in total. The van der Waals surface area contributed by atoms with Crippen LogP contribution in [0.4, 0.5) is 0 Å². The van der Waals surface area contributed by atoms with Crippen LogP contribution in [0.15, 0.2) is 0 Å². The van der Waals surface area contributed by atoms with Gasteiger partial charge in [0.1, 0.15) is 0 Å². The molecule has 0 aliphatic heterocycles. The van der Waals surface area contributed by atoms with E-state index in [9.17, 15) is 4.79 Å². The summed E-state index contributed by atoms with van der Waals surface area (Å²) in [5.74, 6) is 0.138. The van der Waals surface area contributed by atoms with E-state index in [1.54, 1.807) is 7.11 Å². The molecule has 0 saturated heterocycles. The Morgan fingerprint density at radius 2 is 2.07 bits per heavy atom. The quantitative estimate of drug-likeness (QED) is 0.536. The largest absolute Gasteiger partial charge is 0.385 e. The fraction of sp³-hybridized carbons (Fsp3) is 0.900. The van der Waals surface area contributed by atoms with Gasteiger partial charge in [0.15, 0.2) is 0 Å². The summed E-state index contributed by atoms with van der Waals surface area (Å²) in [7, 11) is 1.68. The van der Waals surface area contributed by atoms with E-state index in [4.69, 9.17) is 4.74 Å². The van der Waals surface area contributed by atoms with Crippen molar-refractivity contribution in [1.82, 2.24) is 10.6 Å². The third-order valence-corrected chi connectivity index (χ3v) is 1.88. The predicted molar refractivity (Wildman–Crippen MR) is 57.3 cm³/mol. The number of hydrogen-bond donors (Lipinski definition) is 2. The van der Waals surface area contributed by atoms with Crippen molar-refractivity contribution in [3.8, 4) is 0 Å². The zero-order valence-corrected chi connectivity index (χ0v) is 9.27. The Morgan fingerprint density at radius 1 is 1.29 bits per heavy atom. The van der Waals surface area contributed by atoms with E-state index in [0.29, 0.717) is 6.42 Å². The molecule has 2 N–H and O–H groups in total. The van der Waals surface area contributed by atoms with Gasteiger partial charge in [0, 0.05) is 33.2 Å². The highest BCUT2D eigenvalue weighted by Gasteiger charge is 1.99. The Bertz CT molecular complexity index is 126. The lowest BCUT2D eigenvalue weighted by atomic mass is 10.2. The fourth-order valence-corrected chi connectivity index (χ4v) is 1.09. The first-order valence-electron chi connectivity index (χ1n) is 5.27. The Kier molecular flexibility index (Phi) is 10.0. The topological polar surface area (TPSA) is 50.4 Å². The first-order valence-corrected chi connectivity index (χ1v) is 5.27. The van der Waals surface area contributed by atoms with E-state index in [0.717, 1.165) is 39.1 Å². The van der Waals surface area contributed by atoms with Crippen LogP contribution >= 0.6 is 0 Å². The molecule has 0 fully saturated rings. The normalized spacial score (nSPS) is 10.1. The Hall–Kier alpha value is -0.610. The van der Waals surface area contributed by atoms with Gasteiger partial charge in [-0.05, 0) is 19.4 Å². The van der Waals surface area contributed by atoms with E-state index in [-0.39, 0.29) is 5.91 Å². The van der Waals surface area contributed by atoms with E-state index in [1.165, 1.54) is 0 Å². The number of carbonyl (C=O) groups excluding carboxylic acids is 1. The molecule has 0 aromatic rings. The second-order valence-electron chi connectivity index (χ2n) is 3.15. The van der Waals surface area contributed by atoms with Crippen molar-refractivity contribution in [3.05, 3.63) is 0 Å². The van der Waals surface area contributed by atoms with Crippen LogP contribution in [0.3, 0.4) is 0 Å². The van der Waals surface area contributed by atoms with Gasteiger partial charge in [0.2, 0.25) is 5.91 Å². The molecule has 84 valence electrons. The number of ether oxygens (including phenoxy) is 1. The SMILES string of the molecule is CCNCCNC(=O)CCCCOC. The number of hydrogen-bond acceptors (Lipinski definition) is 3. The monoisotopic (exact) mass is 202 g/mol. The predicted octanol–water partition coefficient (Wildman–Crippen LogP) is 0.529. The van der Waals surface area contributed by atoms with Crippen LogP contribution in [-0.4, -0.2) is 39.3 Å². The van der Waals surface area contributed by atoms with Gasteiger partial charge in [-0.3, -0.25) is 4.79 Å². The first-order chi connectivity index (χ1) is 6.81. The minimum Gasteiger partial charge on any atom is -0.385 e. The third kappa shape index (κ3) is 9.48. The van der Waals surface area contributed by atoms with Crippen molar-refractivity contribution >= 4 is 5.91 Å². The summed E-state index contributed by atoms with van der Waals surface area (Å²) in [6.07, 6.45) is 2.47. The minimum atomic E-state index is 0.138. The van der Waals surface area contributed by atoms with Crippen molar-refractivity contribution in [2.24, 2.45) is 0 Å². The number of unbranched alkanes of at least 4 members (excludes halogenated alkanes) is 1. The van der Waals surface area contributed by atoms with Crippen molar-refractivity contribution in [2.75, 3.05) is 33.4 Å². The van der Waals surface area contributed by atoms with Gasteiger partial charge in [0.25, 0.3) is 0 Å². The molecule has 0 saturated carbocycles. The molecule has 0 aromatic carbocycles. The van der Waals surface area contributed by atoms with E-state index in [2.05, 4.69) is 10.6 Å². The number of rotatable bonds is 9. The summed E-state index contributed by atoms with van der Waals surface area (Å²) >= 11 is 0. The van der Waals surface area contributed by atoms with Crippen LogP contribution in [-0.2, 0) is 9.53 Å². The third-order valence-electron chi connectivity index (χ3n) is 1.88. The molecule has 0 aliphatic carbocycles. The lowest BCUT2D eigenvalue weighted by molar-refractivity contribution is -0.121. The molecule has 0 spiro atoms. The molecule has 14 heavy (non-hydrogen) atoms. The second-order valence-corrected chi connectivity index (χ2v) is 3.15. The lowest BCUT2D eigenvalue weighted by Crippen LogP contribution is -2.31. The van der Waals surface area contributed by atoms with Gasteiger partial charge in [0.05, 0.1) is 0 Å². The van der Waals surface area contributed by atoms with Gasteiger partial charge < -0.3 is 15.4 Å². The van der Waals surface area contributed by atoms with Crippen molar-refractivity contribution in [1.29, 1.82) is 0 Å². The van der Waals surface area contributed by atoms with Crippen molar-refractivity contribution in [3.63, 3.8) is 0 Å². The lowest BCUT2D eigenvalue weighted by Gasteiger charge is -2.05. The zero-order chi connectivity index (χ0) is 10.6. The number of methoxy groups -OCH3 is 1. The van der Waals surface area contributed by atoms with E-state index in [1.807, 2.05) is 6.92 Å². The van der Waals surface area contributed by atoms with Crippen LogP contribution in [0.25, 0.3) is 0 Å². The maximum atomic E-state index is 11.2. The van der Waals surface area contributed by atoms with E-state index >= 15 is 0 Å². The van der Waals surface area contributed by atoms with Crippen LogP contribution in [0, 0.1) is 0 Å². The van der Waals surface area contributed by atoms with Crippen molar-refractivity contribution < 1.29 is 9.53 Å². The van der Waals surface area contributed by atoms with Crippen LogP contribution < -0.4 is 10.6 Å². The highest BCUT2D eigenvalue weighted by atomic mass is 16.5. The summed E-state index contributed by atoms with van der Waals surface area (Å²) in [6.45, 7) is 5.30. The summed E-state index contributed by atoms with van der Waals surface area (Å²) in [4.78, 5) is 11.2. The standard InChI is InChI=1S/C10H22N2O2/c1-3-11-7-8-12-10(13)6-4-5-9-14-2/h11H,3-9H2,1-2H3,(H,12,13). The first kappa shape index (κ1) is 13.4. The maximum Gasteiger partial charge on any atom is 0.220 e. The van der Waals surface area contributed by atoms with E-state index < -0.39 is 0 Å². The molecular weight excluding hydrogens is 180 g/mol. The number of nitrogens with one attached hydrogen (secondary N) is 2. The van der Waals surface area contributed by atoms with Crippen LogP contribution in [0.2, 0.25) is 0 Å².